The molecule has 0 heterocycles. The van der Waals surface area contributed by atoms with E-state index < -0.39 is 0 Å². The Morgan fingerprint density at radius 3 is 3.11 bits per heavy atom. The Morgan fingerprint density at radius 1 is 2.00 bits per heavy atom. The van der Waals surface area contributed by atoms with Gasteiger partial charge in [0.2, 0.25) is 0 Å². The molecule has 0 aliphatic heterocycles. The first-order valence-electron chi connectivity index (χ1n) is 8.79. The third kappa shape index (κ3) is 4.94. The van der Waals surface area contributed by atoms with E-state index in [2.05, 4.69) is 11.7 Å². The molecule has 0 amide bonds. The van der Waals surface area contributed by atoms with Crippen LogP contribution in [0, 0.1) is 0 Å². The molecule has 2 heteroatoms. The van der Waals surface area contributed by atoms with Crippen molar-refractivity contribution in [2.24, 2.45) is 4.99 Å². The fourth-order valence-corrected chi connectivity index (χ4v) is 0.361. The number of halogens is 1. The van der Waals surface area contributed by atoms with Crippen molar-refractivity contribution in [3.05, 3.63) is 24.2 Å². The molecule has 0 aromatic carbocycles. The van der Waals surface area contributed by atoms with E-state index in [9.17, 15) is 4.39 Å². The van der Waals surface area contributed by atoms with Crippen LogP contribution in [-0.2, 0) is 0 Å². The molecular weight excluding hydrogens is 117 g/mol. The van der Waals surface area contributed by atoms with Gasteiger partial charge in [-0.25, -0.2) is 4.39 Å². The highest BCUT2D eigenvalue weighted by molar-refractivity contribution is 5.27. The second-order valence-corrected chi connectivity index (χ2v) is 1.51. The summed E-state index contributed by atoms with van der Waals surface area (Å²) in [5, 5.41) is 0. The molecule has 0 N–H and O–H groups in total. The van der Waals surface area contributed by atoms with Crippen molar-refractivity contribution in [2.45, 2.75) is 13.3 Å². The molecule has 0 aliphatic rings. The van der Waals surface area contributed by atoms with E-state index in [-0.39, 0.29) is 5.83 Å². The summed E-state index contributed by atoms with van der Waals surface area (Å²) in [7, 11) is 0. The molecular formula is C7H22FN. The maximum Gasteiger partial charge on any atom is 0.141 e. The standard InChI is InChI=1S/C7H10FN.6H2/c1-3-4-5-7(8)6-9-2;;;;;;/h4-6H,2-3H2,1H3;6*1H/b5-4+,7-6+;;;;;;/i;6*1+1D. The highest BCUT2D eigenvalue weighted by atomic mass is 19.1. The van der Waals surface area contributed by atoms with Crippen LogP contribution in [0.5, 0.6) is 0 Å². The van der Waals surface area contributed by atoms with Crippen molar-refractivity contribution < 1.29 is 22.2 Å². The molecule has 62 valence electrons. The van der Waals surface area contributed by atoms with E-state index in [4.69, 9.17) is 17.8 Å². The Morgan fingerprint density at radius 2 is 2.67 bits per heavy atom. The SMILES string of the molecule is C=N/C=C(F)\C=C\CC.[2H][2H].[2H][2H].[2H][2H].[2H][2H].[2H][2H].[2H][2H]. The van der Waals surface area contributed by atoms with E-state index in [1.165, 1.54) is 6.08 Å². The van der Waals surface area contributed by atoms with E-state index in [0.717, 1.165) is 12.6 Å². The zero-order valence-corrected chi connectivity index (χ0v) is 5.47. The molecule has 0 aromatic rings. The van der Waals surface area contributed by atoms with E-state index >= 15 is 0 Å². The Bertz CT molecular complexity index is 157. The summed E-state index contributed by atoms with van der Waals surface area (Å²) in [6.45, 7) is 5.04. The molecule has 0 spiro atoms. The van der Waals surface area contributed by atoms with Crippen molar-refractivity contribution in [1.29, 1.82) is 0 Å². The lowest BCUT2D eigenvalue weighted by molar-refractivity contribution is 0.663. The molecule has 1 nitrogen and oxygen atoms in total. The third-order valence-corrected chi connectivity index (χ3v) is 0.727. The van der Waals surface area contributed by atoms with Gasteiger partial charge in [-0.2, -0.15) is 0 Å². The van der Waals surface area contributed by atoms with Gasteiger partial charge in [-0.3, -0.25) is 4.99 Å². The summed E-state index contributed by atoms with van der Waals surface area (Å²) in [5.41, 5.74) is 0. The summed E-state index contributed by atoms with van der Waals surface area (Å²) in [4.78, 5) is 3.25. The summed E-state index contributed by atoms with van der Waals surface area (Å²) in [6, 6.07) is 0. The largest absolute Gasteiger partial charge is 0.269 e. The normalized spacial score (nSPS) is 17.8. The molecule has 0 radical (unpaired) electrons. The van der Waals surface area contributed by atoms with Crippen LogP contribution >= 0.6 is 0 Å². The van der Waals surface area contributed by atoms with Crippen LogP contribution in [0.15, 0.2) is 29.2 Å². The molecule has 0 atom stereocenters. The second kappa shape index (κ2) is 5.22. The minimum Gasteiger partial charge on any atom is -0.269 e. The average molecular weight is 151 g/mol. The van der Waals surface area contributed by atoms with Gasteiger partial charge in [-0.05, 0) is 19.2 Å². The van der Waals surface area contributed by atoms with Crippen LogP contribution in [0.2, 0.25) is 0 Å². The smallest absolute Gasteiger partial charge is 0.141 e. The molecule has 0 unspecified atom stereocenters. The number of nitrogens with zero attached hydrogens (tertiary/aromatic N) is 1. The lowest BCUT2D eigenvalue weighted by atomic mass is 10.4. The average Bonchev–Trinajstić information content (AvgIpc) is 2.64. The van der Waals surface area contributed by atoms with Crippen molar-refractivity contribution in [3.8, 4) is 0 Å². The van der Waals surface area contributed by atoms with Gasteiger partial charge in [-0.15, -0.1) is 0 Å². The summed E-state index contributed by atoms with van der Waals surface area (Å²) >= 11 is 0. The van der Waals surface area contributed by atoms with Gasteiger partial charge in [0.25, 0.3) is 0 Å². The Balaban J connectivity index is -0.0000000275. The number of allylic oxidation sites excluding steroid dienone is 3. The van der Waals surface area contributed by atoms with Crippen LogP contribution in [0.25, 0.3) is 0 Å². The number of hydrogen-bond donors (Lipinski definition) is 0. The first-order valence-corrected chi connectivity index (χ1v) is 2.79. The van der Waals surface area contributed by atoms with Crippen molar-refractivity contribution in [1.82, 2.24) is 0 Å². The van der Waals surface area contributed by atoms with Crippen molar-refractivity contribution >= 4 is 6.72 Å². The number of rotatable bonds is 3. The van der Waals surface area contributed by atoms with Gasteiger partial charge in [0.15, 0.2) is 0 Å². The van der Waals surface area contributed by atoms with Gasteiger partial charge in [-0.1, -0.05) is 13.0 Å². The number of aliphatic imine (C=N–C) groups is 1. The molecule has 9 heavy (non-hydrogen) atoms. The van der Waals surface area contributed by atoms with E-state index in [0.29, 0.717) is 0 Å². The predicted molar refractivity (Wildman–Crippen MR) is 50.9 cm³/mol. The minimum absolute atomic E-state index is 0.355. The van der Waals surface area contributed by atoms with Gasteiger partial charge >= 0.3 is 0 Å². The Labute approximate surface area is 73.1 Å². The minimum atomic E-state index is -0.355. The quantitative estimate of drug-likeness (QED) is 0.428. The van der Waals surface area contributed by atoms with E-state index in [1.54, 1.807) is 6.08 Å². The molecule has 0 bridgehead atoms. The fraction of sp³-hybridized carbons (Fsp3) is 0.286. The summed E-state index contributed by atoms with van der Waals surface area (Å²) in [5.74, 6) is -0.355. The summed E-state index contributed by atoms with van der Waals surface area (Å²) < 4.78 is 72.2. The highest BCUT2D eigenvalue weighted by Gasteiger charge is 1.80. The van der Waals surface area contributed by atoms with Crippen LogP contribution in [0.3, 0.4) is 0 Å². The van der Waals surface area contributed by atoms with Gasteiger partial charge in [0.05, 0.1) is 6.20 Å². The second-order valence-electron chi connectivity index (χ2n) is 1.51. The van der Waals surface area contributed by atoms with Crippen molar-refractivity contribution in [2.75, 3.05) is 0 Å². The molecule has 0 aromatic heterocycles. The zero-order chi connectivity index (χ0) is 19.1. The van der Waals surface area contributed by atoms with Crippen LogP contribution < -0.4 is 0 Å². The van der Waals surface area contributed by atoms with Gasteiger partial charge in [0, 0.05) is 17.8 Å². The van der Waals surface area contributed by atoms with Crippen molar-refractivity contribution in [3.63, 3.8) is 0 Å². The number of hydrogen-bond acceptors (Lipinski definition) is 1. The Kier molecular flexibility index (Phi) is 1.37. The molecule has 0 saturated carbocycles. The van der Waals surface area contributed by atoms with Gasteiger partial charge in [0.1, 0.15) is 5.83 Å². The maximum absolute atomic E-state index is 12.2. The monoisotopic (exact) mass is 151 g/mol. The highest BCUT2D eigenvalue weighted by Crippen LogP contribution is 1.98. The van der Waals surface area contributed by atoms with E-state index in [1.807, 2.05) is 6.92 Å². The fourth-order valence-electron chi connectivity index (χ4n) is 0.361. The third-order valence-electron chi connectivity index (χ3n) is 0.727. The molecule has 0 rings (SSSR count). The zero-order valence-electron chi connectivity index (χ0n) is 17.5. The maximum atomic E-state index is 12.2. The Hall–Kier alpha value is -0.920. The molecule has 0 saturated heterocycles. The van der Waals surface area contributed by atoms with Crippen LogP contribution in [0.1, 0.15) is 31.2 Å². The van der Waals surface area contributed by atoms with Crippen LogP contribution in [0.4, 0.5) is 4.39 Å². The predicted octanol–water partition coefficient (Wildman–Crippen LogP) is 3.94. The topological polar surface area (TPSA) is 12.4 Å². The van der Waals surface area contributed by atoms with Gasteiger partial charge < -0.3 is 0 Å². The lowest BCUT2D eigenvalue weighted by Crippen LogP contribution is -1.61. The lowest BCUT2D eigenvalue weighted by Gasteiger charge is -1.80. The van der Waals surface area contributed by atoms with Crippen LogP contribution in [-0.4, -0.2) is 6.72 Å². The molecule has 0 fully saturated rings. The summed E-state index contributed by atoms with van der Waals surface area (Å²) in [6.07, 6.45) is 5.00. The molecule has 0 aliphatic carbocycles. The first kappa shape index (κ1) is 2.37. The first-order chi connectivity index (χ1) is 10.3.